The molecule has 8 nitrogen and oxygen atoms in total. The third-order valence-electron chi connectivity index (χ3n) is 5.89. The molecule has 0 amide bonds. The number of nitrogens with one attached hydrogen (secondary N) is 2. The maximum atomic E-state index is 9.03. The van der Waals surface area contributed by atoms with Gasteiger partial charge in [-0.15, -0.1) is 6.42 Å². The van der Waals surface area contributed by atoms with Crippen LogP contribution < -0.4 is 24.8 Å². The number of nitrogens with zero attached hydrogens (tertiary/aromatic N) is 3. The maximum Gasteiger partial charge on any atom is 0.229 e. The lowest BCUT2D eigenvalue weighted by atomic mass is 10.2. The highest BCUT2D eigenvalue weighted by Gasteiger charge is 2.15. The van der Waals surface area contributed by atoms with E-state index in [0.717, 1.165) is 16.6 Å². The van der Waals surface area contributed by atoms with E-state index < -0.39 is 0 Å². The van der Waals surface area contributed by atoms with Gasteiger partial charge in [0.15, 0.2) is 11.5 Å². The fraction of sp³-hybridized carbons (Fsp3) is 0.0645. The van der Waals surface area contributed by atoms with E-state index in [-0.39, 0.29) is 0 Å². The zero-order valence-corrected chi connectivity index (χ0v) is 22.3. The van der Waals surface area contributed by atoms with Gasteiger partial charge in [-0.25, -0.2) is 4.98 Å². The van der Waals surface area contributed by atoms with E-state index in [1.807, 2.05) is 30.3 Å². The predicted octanol–water partition coefficient (Wildman–Crippen LogP) is 7.43. The second-order valence-corrected chi connectivity index (χ2v) is 8.89. The van der Waals surface area contributed by atoms with Crippen LogP contribution in [0.4, 0.5) is 23.1 Å². The van der Waals surface area contributed by atoms with Crippen molar-refractivity contribution >= 4 is 45.6 Å². The van der Waals surface area contributed by atoms with Gasteiger partial charge in [-0.05, 0) is 60.7 Å². The number of halogens is 1. The van der Waals surface area contributed by atoms with E-state index in [1.54, 1.807) is 62.8 Å². The standard InChI is InChI=1S/C31H22ClN5O3/c1-4-19-6-5-7-21(14-19)34-30-24-16-28(38-2)29(39-3)17-26(24)36-31(37-30)35-22-10-13-25(32)27(15-22)40-23-11-8-20(18-33)9-12-23/h1,5-17H,2-3H3,(H2,34,35,36,37). The van der Waals surface area contributed by atoms with Crippen LogP contribution in [0.3, 0.4) is 0 Å². The summed E-state index contributed by atoms with van der Waals surface area (Å²) in [6.07, 6.45) is 5.59. The maximum absolute atomic E-state index is 9.03. The van der Waals surface area contributed by atoms with Crippen molar-refractivity contribution in [2.75, 3.05) is 24.9 Å². The summed E-state index contributed by atoms with van der Waals surface area (Å²) in [5.41, 5.74) is 3.30. The van der Waals surface area contributed by atoms with Crippen LogP contribution in [0.1, 0.15) is 11.1 Å². The van der Waals surface area contributed by atoms with Gasteiger partial charge in [0.1, 0.15) is 17.3 Å². The number of ether oxygens (including phenoxy) is 3. The number of nitriles is 1. The molecule has 0 bridgehead atoms. The summed E-state index contributed by atoms with van der Waals surface area (Å²) in [5, 5.41) is 16.7. The van der Waals surface area contributed by atoms with Crippen molar-refractivity contribution < 1.29 is 14.2 Å². The number of terminal acetylenes is 1. The van der Waals surface area contributed by atoms with E-state index in [0.29, 0.717) is 56.6 Å². The Kier molecular flexibility index (Phi) is 7.54. The molecule has 5 rings (SSSR count). The number of hydrogen-bond acceptors (Lipinski definition) is 8. The molecule has 0 aliphatic rings. The van der Waals surface area contributed by atoms with Crippen molar-refractivity contribution in [3.8, 4) is 41.4 Å². The van der Waals surface area contributed by atoms with Gasteiger partial charge in [-0.1, -0.05) is 23.6 Å². The second kappa shape index (κ2) is 11.5. The third-order valence-corrected chi connectivity index (χ3v) is 6.20. The molecule has 0 aliphatic carbocycles. The van der Waals surface area contributed by atoms with Gasteiger partial charge in [-0.2, -0.15) is 10.2 Å². The van der Waals surface area contributed by atoms with Gasteiger partial charge in [0.05, 0.1) is 36.4 Å². The number of rotatable bonds is 8. The normalized spacial score (nSPS) is 10.3. The number of hydrogen-bond donors (Lipinski definition) is 2. The summed E-state index contributed by atoms with van der Waals surface area (Å²) in [5.74, 6) is 5.54. The van der Waals surface area contributed by atoms with E-state index in [4.69, 9.17) is 47.5 Å². The van der Waals surface area contributed by atoms with Crippen LogP contribution in [0.5, 0.6) is 23.0 Å². The van der Waals surface area contributed by atoms with Crippen LogP contribution in [-0.4, -0.2) is 24.2 Å². The smallest absolute Gasteiger partial charge is 0.229 e. The van der Waals surface area contributed by atoms with Crippen LogP contribution in [0.2, 0.25) is 5.02 Å². The number of fused-ring (bicyclic) bond motifs is 1. The molecule has 0 spiro atoms. The number of benzene rings is 4. The van der Waals surface area contributed by atoms with Crippen LogP contribution in [0, 0.1) is 23.7 Å². The second-order valence-electron chi connectivity index (χ2n) is 8.48. The lowest BCUT2D eigenvalue weighted by Crippen LogP contribution is -2.03. The first kappa shape index (κ1) is 26.2. The Balaban J connectivity index is 1.52. The molecule has 4 aromatic carbocycles. The minimum absolute atomic E-state index is 0.321. The fourth-order valence-electron chi connectivity index (χ4n) is 3.94. The molecular weight excluding hydrogens is 526 g/mol. The predicted molar refractivity (Wildman–Crippen MR) is 156 cm³/mol. The first-order chi connectivity index (χ1) is 19.5. The van der Waals surface area contributed by atoms with Crippen LogP contribution in [0.15, 0.2) is 78.9 Å². The van der Waals surface area contributed by atoms with Gasteiger partial charge < -0.3 is 24.8 Å². The molecule has 40 heavy (non-hydrogen) atoms. The lowest BCUT2D eigenvalue weighted by molar-refractivity contribution is 0.356. The van der Waals surface area contributed by atoms with Crippen molar-refractivity contribution in [1.82, 2.24) is 9.97 Å². The third kappa shape index (κ3) is 5.68. The molecule has 2 N–H and O–H groups in total. The van der Waals surface area contributed by atoms with Gasteiger partial charge in [-0.3, -0.25) is 0 Å². The molecule has 0 unspecified atom stereocenters. The SMILES string of the molecule is C#Cc1cccc(Nc2nc(Nc3ccc(Cl)c(Oc4ccc(C#N)cc4)c3)nc3cc(OC)c(OC)cc23)c1. The summed E-state index contributed by atoms with van der Waals surface area (Å²) >= 11 is 6.40. The Morgan fingerprint density at radius 2 is 1.55 bits per heavy atom. The highest BCUT2D eigenvalue weighted by atomic mass is 35.5. The summed E-state index contributed by atoms with van der Waals surface area (Å²) in [4.78, 5) is 9.46. The molecule has 1 aromatic heterocycles. The minimum Gasteiger partial charge on any atom is -0.493 e. The molecule has 0 radical (unpaired) electrons. The van der Waals surface area contributed by atoms with Gasteiger partial charge in [0, 0.05) is 34.5 Å². The van der Waals surface area contributed by atoms with E-state index >= 15 is 0 Å². The van der Waals surface area contributed by atoms with Crippen molar-refractivity contribution in [2.45, 2.75) is 0 Å². The van der Waals surface area contributed by atoms with Crippen molar-refractivity contribution in [3.05, 3.63) is 95.0 Å². The highest BCUT2D eigenvalue weighted by molar-refractivity contribution is 6.32. The van der Waals surface area contributed by atoms with E-state index in [9.17, 15) is 0 Å². The fourth-order valence-corrected chi connectivity index (χ4v) is 4.10. The molecular formula is C31H22ClN5O3. The largest absolute Gasteiger partial charge is 0.493 e. The quantitative estimate of drug-likeness (QED) is 0.193. The molecule has 0 saturated carbocycles. The van der Waals surface area contributed by atoms with Crippen LogP contribution in [0.25, 0.3) is 10.9 Å². The van der Waals surface area contributed by atoms with Gasteiger partial charge in [0.2, 0.25) is 5.95 Å². The molecule has 0 fully saturated rings. The van der Waals surface area contributed by atoms with Gasteiger partial charge in [0.25, 0.3) is 0 Å². The average molecular weight is 548 g/mol. The Hall–Kier alpha value is -5.44. The molecule has 0 saturated heterocycles. The first-order valence-electron chi connectivity index (χ1n) is 12.0. The summed E-state index contributed by atoms with van der Waals surface area (Å²) < 4.78 is 17.0. The number of anilines is 4. The molecule has 5 aromatic rings. The number of methoxy groups -OCH3 is 2. The van der Waals surface area contributed by atoms with Crippen LogP contribution >= 0.6 is 11.6 Å². The topological polar surface area (TPSA) is 101 Å². The van der Waals surface area contributed by atoms with Crippen molar-refractivity contribution in [2.24, 2.45) is 0 Å². The molecule has 196 valence electrons. The first-order valence-corrected chi connectivity index (χ1v) is 12.4. The van der Waals surface area contributed by atoms with E-state index in [1.165, 1.54) is 0 Å². The monoisotopic (exact) mass is 547 g/mol. The average Bonchev–Trinajstić information content (AvgIpc) is 2.98. The number of aromatic nitrogens is 2. The molecule has 9 heteroatoms. The summed E-state index contributed by atoms with van der Waals surface area (Å²) in [7, 11) is 3.14. The van der Waals surface area contributed by atoms with Gasteiger partial charge >= 0.3 is 0 Å². The molecule has 0 atom stereocenters. The summed E-state index contributed by atoms with van der Waals surface area (Å²) in [6, 6.07) is 25.1. The molecule has 1 heterocycles. The Morgan fingerprint density at radius 3 is 2.27 bits per heavy atom. The zero-order valence-electron chi connectivity index (χ0n) is 21.5. The van der Waals surface area contributed by atoms with Crippen molar-refractivity contribution in [1.29, 1.82) is 5.26 Å². The molecule has 0 aliphatic heterocycles. The highest BCUT2D eigenvalue weighted by Crippen LogP contribution is 2.37. The Labute approximate surface area is 236 Å². The van der Waals surface area contributed by atoms with Crippen molar-refractivity contribution in [3.63, 3.8) is 0 Å². The Bertz CT molecular complexity index is 1790. The minimum atomic E-state index is 0.321. The Morgan fingerprint density at radius 1 is 0.800 bits per heavy atom. The lowest BCUT2D eigenvalue weighted by Gasteiger charge is -2.15. The summed E-state index contributed by atoms with van der Waals surface area (Å²) in [6.45, 7) is 0. The van der Waals surface area contributed by atoms with Crippen LogP contribution in [-0.2, 0) is 0 Å². The van der Waals surface area contributed by atoms with E-state index in [2.05, 4.69) is 22.6 Å². The zero-order chi connectivity index (χ0) is 28.1.